The fourth-order valence-electron chi connectivity index (χ4n) is 0.930. The first kappa shape index (κ1) is 10.3. The van der Waals surface area contributed by atoms with E-state index in [4.69, 9.17) is 9.84 Å². The van der Waals surface area contributed by atoms with Crippen molar-refractivity contribution in [1.82, 2.24) is 0 Å². The van der Waals surface area contributed by atoms with Crippen LogP contribution in [0.5, 0.6) is 0 Å². The van der Waals surface area contributed by atoms with E-state index in [0.717, 1.165) is 0 Å². The smallest absolute Gasteiger partial charge is 0.315 e. The molecule has 1 aliphatic carbocycles. The summed E-state index contributed by atoms with van der Waals surface area (Å²) in [5.74, 6) is -0.207. The standard InChI is InChI=1S/C10H16O3/c1-3-10(2,9(11)12)7-13-6-8-4-5-8/h3,8H,1,4-7H2,2H3,(H,11,12). The Hall–Kier alpha value is -0.830. The zero-order valence-corrected chi connectivity index (χ0v) is 7.95. The molecule has 0 spiro atoms. The van der Waals surface area contributed by atoms with E-state index in [2.05, 4.69) is 6.58 Å². The SMILES string of the molecule is C=CC(C)(COCC1CC1)C(=O)O. The zero-order chi connectivity index (χ0) is 9.90. The molecule has 0 aromatic heterocycles. The molecule has 0 saturated heterocycles. The lowest BCUT2D eigenvalue weighted by atomic mass is 9.92. The molecule has 1 aliphatic rings. The Balaban J connectivity index is 2.28. The van der Waals surface area contributed by atoms with Gasteiger partial charge in [0.2, 0.25) is 0 Å². The highest BCUT2D eigenvalue weighted by Gasteiger charge is 2.31. The van der Waals surface area contributed by atoms with Crippen LogP contribution in [-0.4, -0.2) is 24.3 Å². The summed E-state index contributed by atoms with van der Waals surface area (Å²) < 4.78 is 5.32. The van der Waals surface area contributed by atoms with Crippen molar-refractivity contribution in [2.24, 2.45) is 11.3 Å². The van der Waals surface area contributed by atoms with Crippen molar-refractivity contribution in [1.29, 1.82) is 0 Å². The predicted molar refractivity (Wildman–Crippen MR) is 49.5 cm³/mol. The van der Waals surface area contributed by atoms with Crippen LogP contribution in [0.3, 0.4) is 0 Å². The molecule has 1 saturated carbocycles. The highest BCUT2D eigenvalue weighted by molar-refractivity contribution is 5.76. The summed E-state index contributed by atoms with van der Waals surface area (Å²) in [4.78, 5) is 10.8. The Kier molecular flexibility index (Phi) is 3.09. The summed E-state index contributed by atoms with van der Waals surface area (Å²) >= 11 is 0. The Morgan fingerprint density at radius 2 is 2.38 bits per heavy atom. The lowest BCUT2D eigenvalue weighted by Gasteiger charge is -2.19. The van der Waals surface area contributed by atoms with Crippen LogP contribution in [0, 0.1) is 11.3 Å². The van der Waals surface area contributed by atoms with E-state index in [1.165, 1.54) is 18.9 Å². The third-order valence-corrected chi connectivity index (χ3v) is 2.39. The van der Waals surface area contributed by atoms with Gasteiger partial charge >= 0.3 is 5.97 Å². The van der Waals surface area contributed by atoms with Crippen LogP contribution in [-0.2, 0) is 9.53 Å². The molecule has 1 unspecified atom stereocenters. The molecule has 1 N–H and O–H groups in total. The minimum Gasteiger partial charge on any atom is -0.481 e. The van der Waals surface area contributed by atoms with Crippen molar-refractivity contribution in [3.05, 3.63) is 12.7 Å². The maximum Gasteiger partial charge on any atom is 0.315 e. The molecule has 0 heterocycles. The van der Waals surface area contributed by atoms with Crippen LogP contribution in [0.1, 0.15) is 19.8 Å². The Morgan fingerprint density at radius 1 is 1.77 bits per heavy atom. The maximum absolute atomic E-state index is 10.8. The second-order valence-electron chi connectivity index (χ2n) is 3.89. The van der Waals surface area contributed by atoms with Crippen LogP contribution in [0.4, 0.5) is 0 Å². The number of carboxylic acid groups (broad SMARTS) is 1. The Morgan fingerprint density at radius 3 is 2.77 bits per heavy atom. The maximum atomic E-state index is 10.8. The molecule has 1 atom stereocenters. The minimum absolute atomic E-state index is 0.225. The van der Waals surface area contributed by atoms with Gasteiger partial charge in [0.05, 0.1) is 6.61 Å². The molecule has 13 heavy (non-hydrogen) atoms. The number of rotatable bonds is 6. The van der Waals surface area contributed by atoms with Crippen molar-refractivity contribution < 1.29 is 14.6 Å². The quantitative estimate of drug-likeness (QED) is 0.639. The summed E-state index contributed by atoms with van der Waals surface area (Å²) in [5.41, 5.74) is -0.936. The molecule has 1 rings (SSSR count). The number of carbonyl (C=O) groups is 1. The van der Waals surface area contributed by atoms with Gasteiger partial charge in [0.15, 0.2) is 0 Å². The first-order valence-corrected chi connectivity index (χ1v) is 4.53. The van der Waals surface area contributed by atoms with E-state index in [-0.39, 0.29) is 6.61 Å². The van der Waals surface area contributed by atoms with Crippen molar-refractivity contribution in [2.45, 2.75) is 19.8 Å². The average molecular weight is 184 g/mol. The monoisotopic (exact) mass is 184 g/mol. The van der Waals surface area contributed by atoms with Crippen molar-refractivity contribution >= 4 is 5.97 Å². The largest absolute Gasteiger partial charge is 0.481 e. The zero-order valence-electron chi connectivity index (χ0n) is 7.95. The van der Waals surface area contributed by atoms with Gasteiger partial charge in [-0.1, -0.05) is 6.08 Å². The van der Waals surface area contributed by atoms with Crippen LogP contribution in [0.2, 0.25) is 0 Å². The molecule has 0 aliphatic heterocycles. The number of carboxylic acids is 1. The van der Waals surface area contributed by atoms with Gasteiger partial charge < -0.3 is 9.84 Å². The van der Waals surface area contributed by atoms with Gasteiger partial charge in [-0.15, -0.1) is 6.58 Å². The summed E-state index contributed by atoms with van der Waals surface area (Å²) in [5, 5.41) is 8.86. The Labute approximate surface area is 78.4 Å². The molecule has 3 heteroatoms. The fourth-order valence-corrected chi connectivity index (χ4v) is 0.930. The van der Waals surface area contributed by atoms with E-state index < -0.39 is 11.4 Å². The second kappa shape index (κ2) is 3.92. The van der Waals surface area contributed by atoms with Gasteiger partial charge in [-0.3, -0.25) is 4.79 Å². The van der Waals surface area contributed by atoms with E-state index in [1.54, 1.807) is 6.92 Å². The average Bonchev–Trinajstić information content (AvgIpc) is 2.87. The number of ether oxygens (including phenoxy) is 1. The van der Waals surface area contributed by atoms with Gasteiger partial charge in [0.1, 0.15) is 5.41 Å². The second-order valence-corrected chi connectivity index (χ2v) is 3.89. The molecule has 0 bridgehead atoms. The van der Waals surface area contributed by atoms with E-state index in [9.17, 15) is 4.79 Å². The first-order valence-electron chi connectivity index (χ1n) is 4.53. The Bertz CT molecular complexity index is 208. The summed E-state index contributed by atoms with van der Waals surface area (Å²) in [7, 11) is 0. The first-order chi connectivity index (χ1) is 6.08. The molecule has 1 fully saturated rings. The third kappa shape index (κ3) is 2.84. The molecular weight excluding hydrogens is 168 g/mol. The van der Waals surface area contributed by atoms with Crippen LogP contribution >= 0.6 is 0 Å². The fraction of sp³-hybridized carbons (Fsp3) is 0.700. The van der Waals surface area contributed by atoms with Gasteiger partial charge in [0.25, 0.3) is 0 Å². The predicted octanol–water partition coefficient (Wildman–Crippen LogP) is 1.69. The van der Waals surface area contributed by atoms with Gasteiger partial charge in [-0.05, 0) is 25.7 Å². The van der Waals surface area contributed by atoms with Gasteiger partial charge in [0, 0.05) is 6.61 Å². The van der Waals surface area contributed by atoms with Crippen molar-refractivity contribution in [3.8, 4) is 0 Å². The lowest BCUT2D eigenvalue weighted by molar-refractivity contribution is -0.148. The summed E-state index contributed by atoms with van der Waals surface area (Å²) in [6.45, 7) is 6.04. The summed E-state index contributed by atoms with van der Waals surface area (Å²) in [6.07, 6.45) is 3.87. The number of aliphatic carboxylic acids is 1. The number of hydrogen-bond acceptors (Lipinski definition) is 2. The number of hydrogen-bond donors (Lipinski definition) is 1. The minimum atomic E-state index is -0.936. The lowest BCUT2D eigenvalue weighted by Crippen LogP contribution is -2.30. The van der Waals surface area contributed by atoms with E-state index in [0.29, 0.717) is 12.5 Å². The molecular formula is C10H16O3. The van der Waals surface area contributed by atoms with E-state index >= 15 is 0 Å². The molecule has 0 amide bonds. The summed E-state index contributed by atoms with van der Waals surface area (Å²) in [6, 6.07) is 0. The molecule has 0 radical (unpaired) electrons. The molecule has 0 aromatic carbocycles. The molecule has 74 valence electrons. The molecule has 0 aromatic rings. The van der Waals surface area contributed by atoms with Crippen LogP contribution in [0.25, 0.3) is 0 Å². The van der Waals surface area contributed by atoms with Gasteiger partial charge in [-0.25, -0.2) is 0 Å². The van der Waals surface area contributed by atoms with E-state index in [1.807, 2.05) is 0 Å². The van der Waals surface area contributed by atoms with Crippen molar-refractivity contribution in [2.75, 3.05) is 13.2 Å². The van der Waals surface area contributed by atoms with Crippen molar-refractivity contribution in [3.63, 3.8) is 0 Å². The van der Waals surface area contributed by atoms with Crippen LogP contribution in [0.15, 0.2) is 12.7 Å². The van der Waals surface area contributed by atoms with Gasteiger partial charge in [-0.2, -0.15) is 0 Å². The third-order valence-electron chi connectivity index (χ3n) is 2.39. The normalized spacial score (nSPS) is 20.7. The molecule has 3 nitrogen and oxygen atoms in total. The van der Waals surface area contributed by atoms with Crippen LogP contribution < -0.4 is 0 Å². The highest BCUT2D eigenvalue weighted by Crippen LogP contribution is 2.29. The topological polar surface area (TPSA) is 46.5 Å². The highest BCUT2D eigenvalue weighted by atomic mass is 16.5.